The molecule has 0 spiro atoms. The highest BCUT2D eigenvalue weighted by Gasteiger charge is 1.97. The molecular weight excluding hydrogens is 232 g/mol. The van der Waals surface area contributed by atoms with Crippen LogP contribution >= 0.6 is 0 Å². The molecule has 0 saturated heterocycles. The highest BCUT2D eigenvalue weighted by atomic mass is 16.1. The minimum absolute atomic E-state index is 0.693. The highest BCUT2D eigenvalue weighted by molar-refractivity contribution is 5.80. The van der Waals surface area contributed by atoms with Gasteiger partial charge in [-0.1, -0.05) is 76.8 Å². The summed E-state index contributed by atoms with van der Waals surface area (Å²) in [5.41, 5.74) is 2.82. The van der Waals surface area contributed by atoms with E-state index in [2.05, 4.69) is 6.58 Å². The van der Waals surface area contributed by atoms with Crippen LogP contribution in [0.2, 0.25) is 0 Å². The van der Waals surface area contributed by atoms with Crippen LogP contribution in [0.3, 0.4) is 0 Å². The van der Waals surface area contributed by atoms with Gasteiger partial charge in [-0.2, -0.15) is 0 Å². The van der Waals surface area contributed by atoms with Crippen molar-refractivity contribution in [2.75, 3.05) is 0 Å². The molecule has 0 bridgehead atoms. The van der Waals surface area contributed by atoms with Crippen LogP contribution in [-0.2, 0) is 0 Å². The number of rotatable bonds is 4. The van der Waals surface area contributed by atoms with Crippen LogP contribution in [-0.4, -0.2) is 6.29 Å². The second kappa shape index (κ2) is 14.2. The Morgan fingerprint density at radius 3 is 2.26 bits per heavy atom. The van der Waals surface area contributed by atoms with Crippen LogP contribution in [0.25, 0.3) is 5.57 Å². The van der Waals surface area contributed by atoms with E-state index in [1.165, 1.54) is 0 Å². The van der Waals surface area contributed by atoms with Gasteiger partial charge >= 0.3 is 0 Å². The third-order valence-corrected chi connectivity index (χ3v) is 2.08. The summed E-state index contributed by atoms with van der Waals surface area (Å²) >= 11 is 0. The molecule has 0 heterocycles. The Morgan fingerprint density at radius 1 is 1.16 bits per heavy atom. The maximum Gasteiger partial charge on any atom is 0.150 e. The number of carbonyl (C=O) groups is 1. The Kier molecular flexibility index (Phi) is 14.5. The van der Waals surface area contributed by atoms with Gasteiger partial charge in [-0.05, 0) is 24.1 Å². The van der Waals surface area contributed by atoms with Gasteiger partial charge in [0.25, 0.3) is 0 Å². The maximum atomic E-state index is 10.6. The molecule has 1 aromatic rings. The summed E-state index contributed by atoms with van der Waals surface area (Å²) in [4.78, 5) is 10.6. The largest absolute Gasteiger partial charge is 0.298 e. The molecule has 19 heavy (non-hydrogen) atoms. The Labute approximate surface area is 118 Å². The molecule has 0 aliphatic heterocycles. The molecule has 104 valence electrons. The van der Waals surface area contributed by atoms with Crippen LogP contribution in [0, 0.1) is 0 Å². The molecule has 0 aliphatic rings. The molecule has 1 heteroatoms. The van der Waals surface area contributed by atoms with E-state index < -0.39 is 0 Å². The van der Waals surface area contributed by atoms with Crippen LogP contribution in [0.4, 0.5) is 0 Å². The molecule has 1 rings (SSSR count). The molecule has 0 N–H and O–H groups in total. The summed E-state index contributed by atoms with van der Waals surface area (Å²) in [6, 6.07) is 7.52. The minimum Gasteiger partial charge on any atom is -0.298 e. The first-order chi connectivity index (χ1) is 9.31. The minimum atomic E-state index is 0.693. The lowest BCUT2D eigenvalue weighted by molar-refractivity contribution is 0.112. The zero-order chi connectivity index (χ0) is 15.1. The second-order valence-corrected chi connectivity index (χ2v) is 3.08. The summed E-state index contributed by atoms with van der Waals surface area (Å²) in [6.07, 6.45) is 8.44. The molecule has 0 radical (unpaired) electrons. The molecule has 0 aromatic heterocycles. The summed E-state index contributed by atoms with van der Waals surface area (Å²) in [5, 5.41) is 0. The van der Waals surface area contributed by atoms with Crippen molar-refractivity contribution in [2.45, 2.75) is 34.6 Å². The van der Waals surface area contributed by atoms with E-state index in [9.17, 15) is 4.79 Å². The predicted molar refractivity (Wildman–Crippen MR) is 87.5 cm³/mol. The summed E-state index contributed by atoms with van der Waals surface area (Å²) in [6.45, 7) is 13.6. The average molecular weight is 258 g/mol. The zero-order valence-electron chi connectivity index (χ0n) is 12.8. The number of carbonyl (C=O) groups excluding carboxylic acids is 1. The average Bonchev–Trinajstić information content (AvgIpc) is 2.52. The first-order valence-electron chi connectivity index (χ1n) is 6.83. The first-order valence-corrected chi connectivity index (χ1v) is 6.83. The summed E-state index contributed by atoms with van der Waals surface area (Å²) < 4.78 is 0. The fourth-order valence-electron chi connectivity index (χ4n) is 1.32. The van der Waals surface area contributed by atoms with Gasteiger partial charge in [0, 0.05) is 5.56 Å². The number of hydrogen-bond acceptors (Lipinski definition) is 1. The lowest BCUT2D eigenvalue weighted by Crippen LogP contribution is -1.84. The molecule has 1 nitrogen and oxygen atoms in total. The van der Waals surface area contributed by atoms with E-state index in [1.54, 1.807) is 12.1 Å². The van der Waals surface area contributed by atoms with Crippen molar-refractivity contribution in [1.82, 2.24) is 0 Å². The van der Waals surface area contributed by atoms with Crippen molar-refractivity contribution >= 4 is 11.9 Å². The second-order valence-electron chi connectivity index (χ2n) is 3.08. The molecule has 0 unspecified atom stereocenters. The predicted octanol–water partition coefficient (Wildman–Crippen LogP) is 5.70. The maximum absolute atomic E-state index is 10.6. The zero-order valence-corrected chi connectivity index (χ0v) is 12.8. The van der Waals surface area contributed by atoms with Crippen LogP contribution in [0.1, 0.15) is 50.5 Å². The molecule has 1 aromatic carbocycles. The van der Waals surface area contributed by atoms with Crippen molar-refractivity contribution in [3.8, 4) is 0 Å². The molecular formula is C18H26O. The van der Waals surface area contributed by atoms with Crippen molar-refractivity contribution in [3.63, 3.8) is 0 Å². The van der Waals surface area contributed by atoms with Gasteiger partial charge < -0.3 is 0 Å². The fourth-order valence-corrected chi connectivity index (χ4v) is 1.32. The normalized spacial score (nSPS) is 9.84. The Balaban J connectivity index is 0. The van der Waals surface area contributed by atoms with E-state index in [1.807, 2.05) is 71.0 Å². The highest BCUT2D eigenvalue weighted by Crippen LogP contribution is 2.16. The van der Waals surface area contributed by atoms with Gasteiger partial charge in [-0.15, -0.1) is 0 Å². The van der Waals surface area contributed by atoms with Crippen LogP contribution in [0.15, 0.2) is 55.1 Å². The Hall–Kier alpha value is -1.89. The first kappa shape index (κ1) is 19.4. The van der Waals surface area contributed by atoms with Gasteiger partial charge in [0.2, 0.25) is 0 Å². The molecule has 0 atom stereocenters. The van der Waals surface area contributed by atoms with E-state index in [4.69, 9.17) is 0 Å². The summed E-state index contributed by atoms with van der Waals surface area (Å²) in [5.74, 6) is 0. The Bertz CT molecular complexity index is 411. The van der Waals surface area contributed by atoms with Gasteiger partial charge in [0.15, 0.2) is 0 Å². The van der Waals surface area contributed by atoms with Crippen molar-refractivity contribution in [2.24, 2.45) is 0 Å². The van der Waals surface area contributed by atoms with Gasteiger partial charge in [0.05, 0.1) is 0 Å². The Morgan fingerprint density at radius 2 is 1.79 bits per heavy atom. The lowest BCUT2D eigenvalue weighted by Gasteiger charge is -2.02. The van der Waals surface area contributed by atoms with Gasteiger partial charge in [-0.3, -0.25) is 4.79 Å². The van der Waals surface area contributed by atoms with E-state index in [0.717, 1.165) is 17.4 Å². The van der Waals surface area contributed by atoms with E-state index >= 15 is 0 Å². The SMILES string of the molecule is C=C/C=C\C(=C/C)c1cccc(C=O)c1.CC.CC. The topological polar surface area (TPSA) is 17.1 Å². The quantitative estimate of drug-likeness (QED) is 0.500. The number of hydrogen-bond donors (Lipinski definition) is 0. The third kappa shape index (κ3) is 7.93. The molecule has 0 saturated carbocycles. The van der Waals surface area contributed by atoms with Crippen LogP contribution in [0.5, 0.6) is 0 Å². The number of benzene rings is 1. The van der Waals surface area contributed by atoms with Crippen molar-refractivity contribution < 1.29 is 4.79 Å². The number of aldehydes is 1. The van der Waals surface area contributed by atoms with Crippen molar-refractivity contribution in [3.05, 3.63) is 66.3 Å². The summed E-state index contributed by atoms with van der Waals surface area (Å²) in [7, 11) is 0. The van der Waals surface area contributed by atoms with E-state index in [-0.39, 0.29) is 0 Å². The third-order valence-electron chi connectivity index (χ3n) is 2.08. The lowest BCUT2D eigenvalue weighted by atomic mass is 10.0. The standard InChI is InChI=1S/C14H14O.2C2H6/c1-3-5-8-13(4-2)14-9-6-7-12(10-14)11-15;2*1-2/h3-11H,1H2,2H3;2*1-2H3/b8-5-,13-4+;;. The molecule has 0 amide bonds. The number of allylic oxidation sites excluding steroid dienone is 5. The molecule has 0 fully saturated rings. The van der Waals surface area contributed by atoms with Gasteiger partial charge in [-0.25, -0.2) is 0 Å². The monoisotopic (exact) mass is 258 g/mol. The van der Waals surface area contributed by atoms with Crippen LogP contribution < -0.4 is 0 Å². The molecule has 0 aliphatic carbocycles. The van der Waals surface area contributed by atoms with Crippen molar-refractivity contribution in [1.29, 1.82) is 0 Å². The smallest absolute Gasteiger partial charge is 0.150 e. The van der Waals surface area contributed by atoms with Gasteiger partial charge in [0.1, 0.15) is 6.29 Å². The van der Waals surface area contributed by atoms with E-state index in [0.29, 0.717) is 5.56 Å². The fraction of sp³-hybridized carbons (Fsp3) is 0.278.